The molecule has 11 aromatic rings. The summed E-state index contributed by atoms with van der Waals surface area (Å²) in [5.41, 5.74) is 15.4. The van der Waals surface area contributed by atoms with Crippen LogP contribution in [0, 0.1) is 0 Å². The molecule has 1 fully saturated rings. The van der Waals surface area contributed by atoms with Crippen LogP contribution < -0.4 is 48.7 Å². The molecule has 1 unspecified atom stereocenters. The van der Waals surface area contributed by atoms with Crippen molar-refractivity contribution in [2.45, 2.75) is 95.4 Å². The molecular weight excluding hydrogens is 1320 g/mol. The fourth-order valence-electron chi connectivity index (χ4n) is 11.3. The Labute approximate surface area is 608 Å². The average Bonchev–Trinajstić information content (AvgIpc) is 1.06. The number of aromatic nitrogens is 9. The molecule has 104 heavy (non-hydrogen) atoms. The summed E-state index contributed by atoms with van der Waals surface area (Å²) >= 11 is 0. The first-order valence-corrected chi connectivity index (χ1v) is 34.7. The molecule has 12 rings (SSSR count). The summed E-state index contributed by atoms with van der Waals surface area (Å²) in [6.45, 7) is 4.18. The van der Waals surface area contributed by atoms with Crippen molar-refractivity contribution >= 4 is 0 Å². The molecule has 0 saturated carbocycles. The van der Waals surface area contributed by atoms with E-state index in [2.05, 4.69) is 101 Å². The average molecular weight is 1420 g/mol. The van der Waals surface area contributed by atoms with Gasteiger partial charge in [0, 0.05) is 6.54 Å². The molecule has 24 nitrogen and oxygen atoms in total. The lowest BCUT2D eigenvalue weighted by Gasteiger charge is -2.19. The molecule has 548 valence electrons. The maximum Gasteiger partial charge on any atom is 0.122 e. The lowest BCUT2D eigenvalue weighted by Crippen LogP contribution is -2.35. The highest BCUT2D eigenvalue weighted by molar-refractivity contribution is 5.39. The highest BCUT2D eigenvalue weighted by atomic mass is 16.5. The van der Waals surface area contributed by atoms with E-state index in [0.717, 1.165) is 133 Å². The van der Waals surface area contributed by atoms with Gasteiger partial charge in [-0.2, -0.15) is 0 Å². The fraction of sp³-hybridized carbons (Fsp3) is 0.325. The topological polar surface area (TPSA) is 274 Å². The van der Waals surface area contributed by atoms with Crippen LogP contribution >= 0.6 is 0 Å². The molecule has 24 heteroatoms. The second kappa shape index (κ2) is 43.3. The van der Waals surface area contributed by atoms with Gasteiger partial charge in [0.2, 0.25) is 0 Å². The number of hydrogen-bond acceptors (Lipinski definition) is 21. The van der Waals surface area contributed by atoms with Crippen molar-refractivity contribution in [3.63, 3.8) is 0 Å². The van der Waals surface area contributed by atoms with Gasteiger partial charge in [-0.3, -0.25) is 4.90 Å². The van der Waals surface area contributed by atoms with Crippen LogP contribution in [0.1, 0.15) is 44.5 Å². The number of methoxy groups -OCH3 is 4. The van der Waals surface area contributed by atoms with Crippen LogP contribution in [0.2, 0.25) is 0 Å². The maximum absolute atomic E-state index is 10.2. The number of nitrogens with one attached hydrogen (secondary N) is 2. The number of aliphatic hydroxyl groups is 4. The van der Waals surface area contributed by atoms with Crippen LogP contribution in [0.4, 0.5) is 0 Å². The van der Waals surface area contributed by atoms with Crippen molar-refractivity contribution in [1.82, 2.24) is 60.0 Å². The van der Waals surface area contributed by atoms with Gasteiger partial charge in [-0.15, -0.1) is 30.6 Å². The van der Waals surface area contributed by atoms with Gasteiger partial charge in [-0.25, -0.2) is 10.9 Å². The van der Waals surface area contributed by atoms with E-state index >= 15 is 0 Å². The zero-order valence-corrected chi connectivity index (χ0v) is 59.5. The first-order chi connectivity index (χ1) is 51.0. The number of rotatable bonds is 36. The number of ether oxygens (including phenoxy) is 8. The second-order valence-electron chi connectivity index (χ2n) is 24.7. The van der Waals surface area contributed by atoms with E-state index < -0.39 is 24.4 Å². The van der Waals surface area contributed by atoms with Crippen LogP contribution in [-0.2, 0) is 71.0 Å². The Balaban J connectivity index is 0.000000161. The van der Waals surface area contributed by atoms with E-state index in [1.54, 1.807) is 80.1 Å². The lowest BCUT2D eigenvalue weighted by molar-refractivity contribution is 0.0744. The number of hydrogen-bond donors (Lipinski definition) is 6. The van der Waals surface area contributed by atoms with E-state index in [-0.39, 0.29) is 26.4 Å². The van der Waals surface area contributed by atoms with Crippen molar-refractivity contribution in [2.24, 2.45) is 0 Å². The molecule has 0 spiro atoms. The molecule has 4 heterocycles. The molecule has 0 bridgehead atoms. The normalized spacial score (nSPS) is 12.9. The fourth-order valence-corrected chi connectivity index (χ4v) is 11.3. The molecule has 8 aromatic carbocycles. The maximum atomic E-state index is 10.2. The van der Waals surface area contributed by atoms with Gasteiger partial charge in [-0.05, 0) is 169 Å². The molecule has 6 N–H and O–H groups in total. The zero-order valence-electron chi connectivity index (χ0n) is 59.5. The van der Waals surface area contributed by atoms with Crippen LogP contribution in [-0.4, -0.2) is 169 Å². The number of aliphatic hydroxyl groups excluding tert-OH is 4. The third-order valence-electron chi connectivity index (χ3n) is 16.7. The Morgan fingerprint density at radius 3 is 0.798 bits per heavy atom. The van der Waals surface area contributed by atoms with Gasteiger partial charge in [-0.1, -0.05) is 121 Å². The first-order valence-electron chi connectivity index (χ1n) is 34.7. The third kappa shape index (κ3) is 27.2. The Kier molecular flexibility index (Phi) is 32.2. The minimum Gasteiger partial charge on any atom is -0.497 e. The lowest BCUT2D eigenvalue weighted by atomic mass is 10.0. The molecular formula is C80H96N12O12. The van der Waals surface area contributed by atoms with Crippen molar-refractivity contribution in [3.05, 3.63) is 277 Å². The van der Waals surface area contributed by atoms with E-state index in [0.29, 0.717) is 26.2 Å². The number of benzene rings is 8. The molecule has 1 aliphatic heterocycles. The number of nitrogens with zero attached hydrogens (tertiary/aromatic N) is 10. The minimum absolute atomic E-state index is 0.217. The summed E-state index contributed by atoms with van der Waals surface area (Å²) in [7, 11) is 6.70. The zero-order chi connectivity index (χ0) is 72.8. The molecule has 1 saturated heterocycles. The van der Waals surface area contributed by atoms with Crippen molar-refractivity contribution in [1.29, 1.82) is 0 Å². The Morgan fingerprint density at radius 2 is 0.548 bits per heavy atom. The van der Waals surface area contributed by atoms with Crippen LogP contribution in [0.5, 0.6) is 46.0 Å². The Morgan fingerprint density at radius 1 is 0.308 bits per heavy atom. The number of hydrazine groups is 1. The first kappa shape index (κ1) is 77.5. The SMILES string of the molecule is COc1cccc(CCc2ccccc2OCC(O)Cn2cnnc2)c1.COc1cccc(CCc2ccccc2OC[C@@H](O)Cn2cnnc2)c1.COc1cccc(CCc2ccccc2OC[C@H](O)CN2CNNC2)c1.COc1cccc(CCc2ccccc2OC[C@H](O)Cn2cnnc2)c1. The molecule has 0 aliphatic carbocycles. The second-order valence-corrected chi connectivity index (χ2v) is 24.7. The smallest absolute Gasteiger partial charge is 0.122 e. The van der Waals surface area contributed by atoms with Crippen LogP contribution in [0.3, 0.4) is 0 Å². The van der Waals surface area contributed by atoms with Crippen LogP contribution in [0.15, 0.2) is 232 Å². The molecule has 0 amide bonds. The largest absolute Gasteiger partial charge is 0.497 e. The minimum atomic E-state index is -0.627. The molecule has 0 radical (unpaired) electrons. The van der Waals surface area contributed by atoms with E-state index in [1.165, 1.54) is 22.3 Å². The Hall–Kier alpha value is -10.7. The van der Waals surface area contributed by atoms with Gasteiger partial charge in [0.25, 0.3) is 0 Å². The number of para-hydroxylation sites is 4. The monoisotopic (exact) mass is 1420 g/mol. The molecule has 3 aromatic heterocycles. The summed E-state index contributed by atoms with van der Waals surface area (Å²) < 4.78 is 49.7. The Bertz CT molecular complexity index is 3840. The van der Waals surface area contributed by atoms with Gasteiger partial charge >= 0.3 is 0 Å². The van der Waals surface area contributed by atoms with Crippen LogP contribution in [0.25, 0.3) is 0 Å². The number of β-amino-alcohol motifs (C(OH)–C–C–N with tert-alkyl or cyclic N) is 1. The summed E-state index contributed by atoms with van der Waals surface area (Å²) in [4.78, 5) is 2.09. The van der Waals surface area contributed by atoms with E-state index in [9.17, 15) is 20.4 Å². The summed E-state index contributed by atoms with van der Waals surface area (Å²) in [6.07, 6.45) is 14.0. The van der Waals surface area contributed by atoms with Crippen molar-refractivity contribution < 1.29 is 58.3 Å². The van der Waals surface area contributed by atoms with Gasteiger partial charge in [0.1, 0.15) is 135 Å². The number of aryl methyl sites for hydroxylation is 8. The standard InChI is InChI=1S/C20H27N3O3.3C20H23N3O3/c4*1-25-19-7-4-5-16(11-19)9-10-17-6-2-3-8-20(17)26-13-18(24)12-23-14-21-22-15-23/h2-8,11,18,21-22,24H,9-10,12-15H2,1H3;3*2-8,11,14-15,18,24H,9-10,12-13H2,1H3/t3*18-;/m110./s1. The molecule has 4 atom stereocenters. The summed E-state index contributed by atoms with van der Waals surface area (Å²) in [5.74, 6) is 6.72. The van der Waals surface area contributed by atoms with E-state index in [4.69, 9.17) is 37.9 Å². The highest BCUT2D eigenvalue weighted by Gasteiger charge is 2.18. The summed E-state index contributed by atoms with van der Waals surface area (Å²) in [5, 5.41) is 62.9. The van der Waals surface area contributed by atoms with Gasteiger partial charge < -0.3 is 72.0 Å². The quantitative estimate of drug-likeness (QED) is 0.0214. The third-order valence-corrected chi connectivity index (χ3v) is 16.7. The van der Waals surface area contributed by atoms with Gasteiger partial charge in [0.05, 0.1) is 61.4 Å². The molecule has 1 aliphatic rings. The predicted octanol–water partition coefficient (Wildman–Crippen LogP) is 9.08. The van der Waals surface area contributed by atoms with Crippen molar-refractivity contribution in [3.8, 4) is 46.0 Å². The van der Waals surface area contributed by atoms with E-state index in [1.807, 2.05) is 140 Å². The predicted molar refractivity (Wildman–Crippen MR) is 396 cm³/mol. The van der Waals surface area contributed by atoms with Gasteiger partial charge in [0.15, 0.2) is 0 Å². The highest BCUT2D eigenvalue weighted by Crippen LogP contribution is 2.27. The van der Waals surface area contributed by atoms with Crippen molar-refractivity contribution in [2.75, 3.05) is 74.7 Å². The summed E-state index contributed by atoms with van der Waals surface area (Å²) in [6, 6.07) is 64.2.